The summed E-state index contributed by atoms with van der Waals surface area (Å²) in [6, 6.07) is 0. The number of carbonyl (C=O) groups is 1. The molecule has 2 nitrogen and oxygen atoms in total. The number of piperidine rings is 1. The van der Waals surface area contributed by atoms with E-state index in [2.05, 4.69) is 12.2 Å². The topological polar surface area (TPSA) is 29.1 Å². The van der Waals surface area contributed by atoms with Gasteiger partial charge in [-0.2, -0.15) is 0 Å². The van der Waals surface area contributed by atoms with Crippen LogP contribution in [0, 0.1) is 11.3 Å². The van der Waals surface area contributed by atoms with Crippen molar-refractivity contribution >= 4 is 5.78 Å². The summed E-state index contributed by atoms with van der Waals surface area (Å²) in [5.74, 6) is 1.27. The maximum absolute atomic E-state index is 12.6. The molecule has 0 radical (unpaired) electrons. The summed E-state index contributed by atoms with van der Waals surface area (Å²) in [5, 5.41) is 3.45. The Morgan fingerprint density at radius 1 is 1.29 bits per heavy atom. The number of hydrogen-bond donors (Lipinski definition) is 1. The molecule has 0 aromatic carbocycles. The molecule has 1 atom stereocenters. The zero-order chi connectivity index (χ0) is 12.1. The van der Waals surface area contributed by atoms with Gasteiger partial charge in [-0.15, -0.1) is 0 Å². The van der Waals surface area contributed by atoms with Crippen LogP contribution in [0.15, 0.2) is 0 Å². The molecule has 1 aliphatic heterocycles. The molecule has 1 heterocycles. The molecule has 1 saturated carbocycles. The second-order valence-electron chi connectivity index (χ2n) is 6.09. The van der Waals surface area contributed by atoms with Crippen molar-refractivity contribution in [2.24, 2.45) is 11.3 Å². The van der Waals surface area contributed by atoms with Crippen LogP contribution in [0.3, 0.4) is 0 Å². The second kappa shape index (κ2) is 5.99. The Balaban J connectivity index is 1.96. The average Bonchev–Trinajstić information content (AvgIpc) is 2.83. The summed E-state index contributed by atoms with van der Waals surface area (Å²) in [6.07, 6.45) is 10.7. The fourth-order valence-corrected chi connectivity index (χ4v) is 3.73. The number of carbonyl (C=O) groups excluding carboxylic acids is 1. The number of hydrogen-bond acceptors (Lipinski definition) is 2. The molecule has 2 rings (SSSR count). The van der Waals surface area contributed by atoms with Crippen LogP contribution in [0.5, 0.6) is 0 Å². The molecule has 2 aliphatic rings. The third-order valence-corrected chi connectivity index (χ3v) is 4.74. The van der Waals surface area contributed by atoms with Gasteiger partial charge >= 0.3 is 0 Å². The molecule has 0 aromatic heterocycles. The minimum Gasteiger partial charge on any atom is -0.316 e. The molecule has 2 fully saturated rings. The molecule has 98 valence electrons. The van der Waals surface area contributed by atoms with E-state index >= 15 is 0 Å². The molecular weight excluding hydrogens is 210 g/mol. The van der Waals surface area contributed by atoms with E-state index in [1.54, 1.807) is 0 Å². The van der Waals surface area contributed by atoms with Crippen molar-refractivity contribution in [3.05, 3.63) is 0 Å². The van der Waals surface area contributed by atoms with Crippen molar-refractivity contribution in [3.8, 4) is 0 Å². The van der Waals surface area contributed by atoms with Gasteiger partial charge in [-0.1, -0.05) is 39.0 Å². The minimum absolute atomic E-state index is 0.00437. The number of rotatable bonds is 5. The number of Topliss-reactive ketones (excluding diaryl/α,β-unsaturated/α-hetero) is 1. The normalized spacial score (nSPS) is 30.6. The van der Waals surface area contributed by atoms with E-state index in [0.717, 1.165) is 38.8 Å². The summed E-state index contributed by atoms with van der Waals surface area (Å²) in [5.41, 5.74) is -0.00437. The van der Waals surface area contributed by atoms with Crippen molar-refractivity contribution in [3.63, 3.8) is 0 Å². The molecule has 1 aliphatic carbocycles. The minimum atomic E-state index is -0.00437. The fourth-order valence-electron chi connectivity index (χ4n) is 3.73. The van der Waals surface area contributed by atoms with E-state index in [9.17, 15) is 4.79 Å². The Hall–Kier alpha value is -0.370. The van der Waals surface area contributed by atoms with Gasteiger partial charge in [0.15, 0.2) is 0 Å². The second-order valence-corrected chi connectivity index (χ2v) is 6.09. The van der Waals surface area contributed by atoms with Crippen molar-refractivity contribution in [2.45, 2.75) is 64.7 Å². The zero-order valence-corrected chi connectivity index (χ0v) is 11.3. The summed E-state index contributed by atoms with van der Waals surface area (Å²) in [7, 11) is 0. The lowest BCUT2D eigenvalue weighted by atomic mass is 9.71. The molecule has 0 spiro atoms. The van der Waals surface area contributed by atoms with Crippen molar-refractivity contribution in [1.29, 1.82) is 0 Å². The maximum atomic E-state index is 12.6. The molecular formula is C15H27NO. The van der Waals surface area contributed by atoms with Crippen LogP contribution in [0.4, 0.5) is 0 Å². The molecule has 1 saturated heterocycles. The van der Waals surface area contributed by atoms with Crippen molar-refractivity contribution < 1.29 is 4.79 Å². The standard InChI is InChI=1S/C15H27NO/c1-2-8-15(9-5-10-16-12-15)14(17)11-13-6-3-4-7-13/h13,16H,2-12H2,1H3. The Labute approximate surface area is 106 Å². The first-order valence-electron chi connectivity index (χ1n) is 7.51. The van der Waals surface area contributed by atoms with E-state index in [4.69, 9.17) is 0 Å². The van der Waals surface area contributed by atoms with Gasteiger partial charge in [0.1, 0.15) is 5.78 Å². The van der Waals surface area contributed by atoms with Crippen molar-refractivity contribution in [1.82, 2.24) is 5.32 Å². The highest BCUT2D eigenvalue weighted by Gasteiger charge is 2.39. The SMILES string of the molecule is CCCC1(C(=O)CC2CCCC2)CCCNC1. The highest BCUT2D eigenvalue weighted by atomic mass is 16.1. The monoisotopic (exact) mass is 237 g/mol. The Kier molecular flexibility index (Phi) is 4.61. The van der Waals surface area contributed by atoms with Crippen LogP contribution >= 0.6 is 0 Å². The number of nitrogens with one attached hydrogen (secondary N) is 1. The number of ketones is 1. The van der Waals surface area contributed by atoms with E-state index in [1.165, 1.54) is 32.1 Å². The molecule has 1 N–H and O–H groups in total. The van der Waals surface area contributed by atoms with Crippen LogP contribution in [0.1, 0.15) is 64.7 Å². The van der Waals surface area contributed by atoms with Crippen LogP contribution < -0.4 is 5.32 Å². The lowest BCUT2D eigenvalue weighted by Gasteiger charge is -2.37. The lowest BCUT2D eigenvalue weighted by Crippen LogP contribution is -2.45. The van der Waals surface area contributed by atoms with Gasteiger partial charge < -0.3 is 5.32 Å². The van der Waals surface area contributed by atoms with Crippen LogP contribution in [0.25, 0.3) is 0 Å². The summed E-state index contributed by atoms with van der Waals surface area (Å²) in [6.45, 7) is 4.24. The molecule has 1 unspecified atom stereocenters. The van der Waals surface area contributed by atoms with Crippen LogP contribution in [-0.4, -0.2) is 18.9 Å². The summed E-state index contributed by atoms with van der Waals surface area (Å²) in [4.78, 5) is 12.6. The summed E-state index contributed by atoms with van der Waals surface area (Å²) < 4.78 is 0. The van der Waals surface area contributed by atoms with E-state index in [0.29, 0.717) is 11.7 Å². The first-order chi connectivity index (χ1) is 8.27. The Morgan fingerprint density at radius 3 is 2.65 bits per heavy atom. The molecule has 17 heavy (non-hydrogen) atoms. The lowest BCUT2D eigenvalue weighted by molar-refractivity contribution is -0.131. The molecule has 0 amide bonds. The van der Waals surface area contributed by atoms with Gasteiger partial charge in [0.05, 0.1) is 0 Å². The maximum Gasteiger partial charge on any atom is 0.140 e. The van der Waals surface area contributed by atoms with Gasteiger partial charge in [-0.05, 0) is 31.7 Å². The van der Waals surface area contributed by atoms with Gasteiger partial charge in [-0.25, -0.2) is 0 Å². The predicted octanol–water partition coefficient (Wildman–Crippen LogP) is 3.31. The smallest absolute Gasteiger partial charge is 0.140 e. The first-order valence-corrected chi connectivity index (χ1v) is 7.51. The first kappa shape index (κ1) is 13.1. The van der Waals surface area contributed by atoms with Crippen LogP contribution in [-0.2, 0) is 4.79 Å². The van der Waals surface area contributed by atoms with E-state index < -0.39 is 0 Å². The third kappa shape index (κ3) is 3.09. The van der Waals surface area contributed by atoms with Crippen LogP contribution in [0.2, 0.25) is 0 Å². The molecule has 0 bridgehead atoms. The quantitative estimate of drug-likeness (QED) is 0.795. The van der Waals surface area contributed by atoms with Gasteiger partial charge in [-0.3, -0.25) is 4.79 Å². The largest absolute Gasteiger partial charge is 0.316 e. The van der Waals surface area contributed by atoms with Gasteiger partial charge in [0.25, 0.3) is 0 Å². The fraction of sp³-hybridized carbons (Fsp3) is 0.933. The molecule has 2 heteroatoms. The highest BCUT2D eigenvalue weighted by molar-refractivity contribution is 5.85. The third-order valence-electron chi connectivity index (χ3n) is 4.74. The zero-order valence-electron chi connectivity index (χ0n) is 11.3. The predicted molar refractivity (Wildman–Crippen MR) is 71.0 cm³/mol. The average molecular weight is 237 g/mol. The summed E-state index contributed by atoms with van der Waals surface area (Å²) >= 11 is 0. The van der Waals surface area contributed by atoms with Gasteiger partial charge in [0, 0.05) is 18.4 Å². The van der Waals surface area contributed by atoms with Gasteiger partial charge in [0.2, 0.25) is 0 Å². The van der Waals surface area contributed by atoms with E-state index in [-0.39, 0.29) is 5.41 Å². The van der Waals surface area contributed by atoms with E-state index in [1.807, 2.05) is 0 Å². The van der Waals surface area contributed by atoms with Crippen molar-refractivity contribution in [2.75, 3.05) is 13.1 Å². The Bertz CT molecular complexity index is 244. The highest BCUT2D eigenvalue weighted by Crippen LogP contribution is 2.37. The Morgan fingerprint density at radius 2 is 2.06 bits per heavy atom. The molecule has 0 aromatic rings.